The van der Waals surface area contributed by atoms with Crippen LogP contribution < -0.4 is 0 Å². The van der Waals surface area contributed by atoms with E-state index in [0.717, 1.165) is 0 Å². The largest absolute Gasteiger partial charge is 0.508 e. The summed E-state index contributed by atoms with van der Waals surface area (Å²) in [6.45, 7) is 0. The molecule has 2 aromatic carbocycles. The molecule has 0 aliphatic heterocycles. The van der Waals surface area contributed by atoms with Gasteiger partial charge in [0.1, 0.15) is 5.75 Å². The number of nitrogens with zero attached hydrogens (tertiary/aromatic N) is 2. The number of phenolic OH excluding ortho intramolecular Hbond substituents is 1. The lowest BCUT2D eigenvalue weighted by Gasteiger charge is -2.09. The van der Waals surface area contributed by atoms with Crippen molar-refractivity contribution in [1.29, 1.82) is 0 Å². The predicted octanol–water partition coefficient (Wildman–Crippen LogP) is 4.38. The minimum absolute atomic E-state index is 0.101. The predicted molar refractivity (Wildman–Crippen MR) is 77.0 cm³/mol. The Hall–Kier alpha value is -2.82. The lowest BCUT2D eigenvalue weighted by atomic mass is 10.1. The van der Waals surface area contributed by atoms with Crippen LogP contribution in [0.15, 0.2) is 46.2 Å². The topological polar surface area (TPSA) is 107 Å². The molecule has 0 heterocycles. The van der Waals surface area contributed by atoms with Gasteiger partial charge in [0.2, 0.25) is 0 Å². The third-order valence-corrected chi connectivity index (χ3v) is 3.96. The summed E-state index contributed by atoms with van der Waals surface area (Å²) in [5.74, 6) is -0.101. The minimum atomic E-state index is -4.96. The SMILES string of the molecule is O=[N+]([O-])c1cc(C(F)(F)F)cc([N+](=O)[O-])c1Sc1ccc(O)cc1. The summed E-state index contributed by atoms with van der Waals surface area (Å²) in [5.41, 5.74) is -3.51. The summed E-state index contributed by atoms with van der Waals surface area (Å²) < 4.78 is 38.4. The first-order chi connectivity index (χ1) is 11.1. The summed E-state index contributed by atoms with van der Waals surface area (Å²) in [6.07, 6.45) is -4.96. The van der Waals surface area contributed by atoms with Crippen LogP contribution in [0.25, 0.3) is 0 Å². The van der Waals surface area contributed by atoms with E-state index in [1.165, 1.54) is 24.3 Å². The van der Waals surface area contributed by atoms with E-state index in [2.05, 4.69) is 0 Å². The molecule has 7 nitrogen and oxygen atoms in total. The molecule has 0 saturated carbocycles. The van der Waals surface area contributed by atoms with Crippen molar-refractivity contribution < 1.29 is 28.1 Å². The Labute approximate surface area is 136 Å². The smallest absolute Gasteiger partial charge is 0.416 e. The Morgan fingerprint density at radius 2 is 1.42 bits per heavy atom. The molecule has 0 aliphatic carbocycles. The molecule has 2 rings (SSSR count). The number of aromatic hydroxyl groups is 1. The van der Waals surface area contributed by atoms with Crippen LogP contribution in [0.1, 0.15) is 5.56 Å². The molecule has 0 amide bonds. The number of nitro groups is 2. The van der Waals surface area contributed by atoms with Crippen molar-refractivity contribution in [2.24, 2.45) is 0 Å². The highest BCUT2D eigenvalue weighted by molar-refractivity contribution is 7.99. The van der Waals surface area contributed by atoms with Crippen LogP contribution >= 0.6 is 11.8 Å². The molecule has 0 saturated heterocycles. The summed E-state index contributed by atoms with van der Waals surface area (Å²) in [4.78, 5) is 19.7. The zero-order valence-corrected chi connectivity index (χ0v) is 12.3. The first-order valence-electron chi connectivity index (χ1n) is 6.10. The monoisotopic (exact) mass is 360 g/mol. The third-order valence-electron chi connectivity index (χ3n) is 2.83. The maximum Gasteiger partial charge on any atom is 0.416 e. The molecule has 0 aromatic heterocycles. The molecule has 24 heavy (non-hydrogen) atoms. The van der Waals surface area contributed by atoms with Crippen LogP contribution in [0.3, 0.4) is 0 Å². The highest BCUT2D eigenvalue weighted by atomic mass is 32.2. The second kappa shape index (κ2) is 6.35. The van der Waals surface area contributed by atoms with Gasteiger partial charge in [-0.25, -0.2) is 0 Å². The van der Waals surface area contributed by atoms with Gasteiger partial charge in [0.25, 0.3) is 11.4 Å². The number of benzene rings is 2. The number of halogens is 3. The highest BCUT2D eigenvalue weighted by Crippen LogP contribution is 2.45. The second-order valence-electron chi connectivity index (χ2n) is 4.45. The van der Waals surface area contributed by atoms with E-state index >= 15 is 0 Å². The minimum Gasteiger partial charge on any atom is -0.508 e. The number of hydrogen-bond donors (Lipinski definition) is 1. The first kappa shape index (κ1) is 17.5. The van der Waals surface area contributed by atoms with Crippen LogP contribution in [-0.4, -0.2) is 15.0 Å². The van der Waals surface area contributed by atoms with E-state index in [-0.39, 0.29) is 22.8 Å². The van der Waals surface area contributed by atoms with Crippen molar-refractivity contribution >= 4 is 23.1 Å². The van der Waals surface area contributed by atoms with Crippen LogP contribution in [0.5, 0.6) is 5.75 Å². The van der Waals surface area contributed by atoms with E-state index in [0.29, 0.717) is 11.8 Å². The molecule has 0 spiro atoms. The lowest BCUT2D eigenvalue weighted by Crippen LogP contribution is -2.08. The fourth-order valence-electron chi connectivity index (χ4n) is 1.77. The fourth-order valence-corrected chi connectivity index (χ4v) is 2.75. The number of hydrogen-bond acceptors (Lipinski definition) is 6. The molecule has 11 heteroatoms. The molecule has 0 fully saturated rings. The maximum absolute atomic E-state index is 12.8. The van der Waals surface area contributed by atoms with Crippen LogP contribution in [0, 0.1) is 20.2 Å². The quantitative estimate of drug-likeness (QED) is 0.640. The Bertz CT molecular complexity index is 773. The Balaban J connectivity index is 2.65. The molecule has 0 unspecified atom stereocenters. The lowest BCUT2D eigenvalue weighted by molar-refractivity contribution is -0.400. The van der Waals surface area contributed by atoms with Gasteiger partial charge < -0.3 is 5.11 Å². The highest BCUT2D eigenvalue weighted by Gasteiger charge is 2.37. The average Bonchev–Trinajstić information content (AvgIpc) is 2.48. The average molecular weight is 360 g/mol. The van der Waals surface area contributed by atoms with Crippen molar-refractivity contribution in [3.8, 4) is 5.75 Å². The summed E-state index contributed by atoms with van der Waals surface area (Å²) >= 11 is 0.564. The van der Waals surface area contributed by atoms with Gasteiger partial charge in [-0.1, -0.05) is 11.8 Å². The molecular weight excluding hydrogens is 353 g/mol. The van der Waals surface area contributed by atoms with Gasteiger partial charge in [0.05, 0.1) is 15.4 Å². The third kappa shape index (κ3) is 3.74. The standard InChI is InChI=1S/C13H7F3N2O5S/c14-13(15,16)7-5-10(17(20)21)12(11(6-7)18(22)23)24-9-3-1-8(19)2-4-9/h1-6,19H. The number of alkyl halides is 3. The van der Waals surface area contributed by atoms with Crippen molar-refractivity contribution in [3.05, 3.63) is 62.2 Å². The number of nitro benzene ring substituents is 2. The Morgan fingerprint density at radius 1 is 0.958 bits per heavy atom. The van der Waals surface area contributed by atoms with E-state index in [1.54, 1.807) is 0 Å². The van der Waals surface area contributed by atoms with Crippen molar-refractivity contribution in [2.45, 2.75) is 16.0 Å². The van der Waals surface area contributed by atoms with Crippen LogP contribution in [-0.2, 0) is 6.18 Å². The van der Waals surface area contributed by atoms with Crippen LogP contribution in [0.2, 0.25) is 0 Å². The van der Waals surface area contributed by atoms with E-state index in [9.17, 15) is 38.5 Å². The van der Waals surface area contributed by atoms with Crippen LogP contribution in [0.4, 0.5) is 24.5 Å². The first-order valence-corrected chi connectivity index (χ1v) is 6.92. The van der Waals surface area contributed by atoms with E-state index in [4.69, 9.17) is 0 Å². The summed E-state index contributed by atoms with van der Waals surface area (Å²) in [7, 11) is 0. The molecule has 1 N–H and O–H groups in total. The summed E-state index contributed by atoms with van der Waals surface area (Å²) in [5, 5.41) is 31.3. The van der Waals surface area contributed by atoms with Gasteiger partial charge in [-0.15, -0.1) is 0 Å². The Morgan fingerprint density at radius 3 is 1.79 bits per heavy atom. The molecule has 0 atom stereocenters. The zero-order valence-electron chi connectivity index (χ0n) is 11.5. The molecule has 126 valence electrons. The zero-order chi connectivity index (χ0) is 18.1. The Kier molecular flexibility index (Phi) is 4.64. The van der Waals surface area contributed by atoms with E-state index < -0.39 is 37.9 Å². The summed E-state index contributed by atoms with van der Waals surface area (Å²) in [6, 6.07) is 5.65. The van der Waals surface area contributed by atoms with E-state index in [1.807, 2.05) is 0 Å². The second-order valence-corrected chi connectivity index (χ2v) is 5.54. The van der Waals surface area contributed by atoms with Crippen molar-refractivity contribution in [1.82, 2.24) is 0 Å². The van der Waals surface area contributed by atoms with Crippen molar-refractivity contribution in [3.63, 3.8) is 0 Å². The van der Waals surface area contributed by atoms with Gasteiger partial charge >= 0.3 is 6.18 Å². The number of rotatable bonds is 4. The molecular formula is C13H7F3N2O5S. The van der Waals surface area contributed by atoms with Gasteiger partial charge in [0, 0.05) is 17.0 Å². The molecule has 0 radical (unpaired) electrons. The fraction of sp³-hybridized carbons (Fsp3) is 0.0769. The molecule has 0 aliphatic rings. The normalized spacial score (nSPS) is 11.3. The van der Waals surface area contributed by atoms with Gasteiger partial charge in [-0.05, 0) is 24.3 Å². The van der Waals surface area contributed by atoms with Gasteiger partial charge in [0.15, 0.2) is 4.90 Å². The van der Waals surface area contributed by atoms with Crippen molar-refractivity contribution in [2.75, 3.05) is 0 Å². The molecule has 0 bridgehead atoms. The van der Waals surface area contributed by atoms with Gasteiger partial charge in [-0.3, -0.25) is 20.2 Å². The maximum atomic E-state index is 12.8. The number of phenols is 1. The van der Waals surface area contributed by atoms with Gasteiger partial charge in [-0.2, -0.15) is 13.2 Å². The molecule has 2 aromatic rings.